The van der Waals surface area contributed by atoms with Gasteiger partial charge in [0, 0.05) is 0 Å². The molecule has 0 bridgehead atoms. The van der Waals surface area contributed by atoms with Crippen molar-refractivity contribution in [3.05, 3.63) is 12.2 Å². The summed E-state index contributed by atoms with van der Waals surface area (Å²) in [6, 6.07) is -0.749. The van der Waals surface area contributed by atoms with Crippen molar-refractivity contribution in [2.24, 2.45) is 5.73 Å². The van der Waals surface area contributed by atoms with Crippen molar-refractivity contribution in [3.63, 3.8) is 0 Å². The number of carbonyl (C=O) groups is 1. The quantitative estimate of drug-likeness (QED) is 0.541. The van der Waals surface area contributed by atoms with Crippen LogP contribution < -0.4 is 5.73 Å². The van der Waals surface area contributed by atoms with Gasteiger partial charge in [-0.05, 0) is 13.3 Å². The maximum Gasteiger partial charge on any atom is 0.320 e. The molecule has 0 radical (unpaired) electrons. The first-order chi connectivity index (χ1) is 4.18. The molecule has 0 aliphatic carbocycles. The molecule has 9 heavy (non-hydrogen) atoms. The zero-order valence-corrected chi connectivity index (χ0v) is 5.37. The Morgan fingerprint density at radius 3 is 2.78 bits per heavy atom. The Balaban J connectivity index is 3.50. The second-order valence-electron chi connectivity index (χ2n) is 1.75. The number of hydrogen-bond acceptors (Lipinski definition) is 2. The van der Waals surface area contributed by atoms with E-state index in [1.54, 1.807) is 12.2 Å². The zero-order chi connectivity index (χ0) is 7.28. The lowest BCUT2D eigenvalue weighted by molar-refractivity contribution is -0.138. The van der Waals surface area contributed by atoms with E-state index in [-0.39, 0.29) is 0 Å². The summed E-state index contributed by atoms with van der Waals surface area (Å²) in [6.07, 6.45) is 3.92. The first-order valence-electron chi connectivity index (χ1n) is 2.78. The Morgan fingerprint density at radius 2 is 2.44 bits per heavy atom. The lowest BCUT2D eigenvalue weighted by Crippen LogP contribution is -2.29. The van der Waals surface area contributed by atoms with Gasteiger partial charge in [-0.25, -0.2) is 0 Å². The summed E-state index contributed by atoms with van der Waals surface area (Å²) in [6.45, 7) is 1.83. The minimum atomic E-state index is -0.951. The summed E-state index contributed by atoms with van der Waals surface area (Å²) >= 11 is 0. The average molecular weight is 129 g/mol. The van der Waals surface area contributed by atoms with E-state index in [0.29, 0.717) is 6.42 Å². The highest BCUT2D eigenvalue weighted by Gasteiger charge is 2.07. The average Bonchev–Trinajstić information content (AvgIpc) is 1.82. The van der Waals surface area contributed by atoms with Crippen LogP contribution in [0.25, 0.3) is 0 Å². The topological polar surface area (TPSA) is 63.3 Å². The van der Waals surface area contributed by atoms with Crippen LogP contribution in [0.4, 0.5) is 0 Å². The Bertz CT molecular complexity index is 120. The van der Waals surface area contributed by atoms with Crippen LogP contribution in [0.3, 0.4) is 0 Å². The molecule has 0 saturated heterocycles. The predicted molar refractivity (Wildman–Crippen MR) is 35.0 cm³/mol. The lowest BCUT2D eigenvalue weighted by Gasteiger charge is -1.98. The third-order valence-electron chi connectivity index (χ3n) is 0.943. The smallest absolute Gasteiger partial charge is 0.320 e. The molecule has 0 aromatic rings. The summed E-state index contributed by atoms with van der Waals surface area (Å²) in [4.78, 5) is 10.0. The van der Waals surface area contributed by atoms with E-state index >= 15 is 0 Å². The third kappa shape index (κ3) is 3.73. The van der Waals surface area contributed by atoms with Crippen LogP contribution in [0, 0.1) is 0 Å². The molecule has 0 heterocycles. The fraction of sp³-hybridized carbons (Fsp3) is 0.500. The molecule has 0 aliphatic rings. The summed E-state index contributed by atoms with van der Waals surface area (Å²) in [5, 5.41) is 8.25. The second-order valence-corrected chi connectivity index (χ2v) is 1.75. The van der Waals surface area contributed by atoms with Gasteiger partial charge in [-0.2, -0.15) is 0 Å². The van der Waals surface area contributed by atoms with Crippen LogP contribution in [-0.2, 0) is 4.79 Å². The summed E-state index contributed by atoms with van der Waals surface area (Å²) in [5.41, 5.74) is 5.15. The molecule has 0 aliphatic heterocycles. The van der Waals surface area contributed by atoms with Crippen molar-refractivity contribution in [1.29, 1.82) is 0 Å². The highest BCUT2D eigenvalue weighted by molar-refractivity contribution is 5.73. The Kier molecular flexibility index (Phi) is 3.71. The van der Waals surface area contributed by atoms with Crippen LogP contribution in [0.5, 0.6) is 0 Å². The fourth-order valence-electron chi connectivity index (χ4n) is 0.384. The van der Waals surface area contributed by atoms with Crippen molar-refractivity contribution < 1.29 is 9.90 Å². The molecule has 0 spiro atoms. The van der Waals surface area contributed by atoms with E-state index in [4.69, 9.17) is 10.8 Å². The molecule has 0 fully saturated rings. The van der Waals surface area contributed by atoms with Crippen LogP contribution >= 0.6 is 0 Å². The molecule has 0 aromatic heterocycles. The first kappa shape index (κ1) is 8.17. The van der Waals surface area contributed by atoms with E-state index in [1.807, 2.05) is 6.92 Å². The Labute approximate surface area is 54.2 Å². The van der Waals surface area contributed by atoms with Crippen molar-refractivity contribution in [3.8, 4) is 0 Å². The third-order valence-corrected chi connectivity index (χ3v) is 0.943. The van der Waals surface area contributed by atoms with Gasteiger partial charge in [0.25, 0.3) is 0 Å². The Morgan fingerprint density at radius 1 is 1.89 bits per heavy atom. The second kappa shape index (κ2) is 4.09. The van der Waals surface area contributed by atoms with Gasteiger partial charge in [-0.15, -0.1) is 0 Å². The molecular weight excluding hydrogens is 118 g/mol. The number of carboxylic acids is 1. The minimum Gasteiger partial charge on any atom is -0.480 e. The highest BCUT2D eigenvalue weighted by Crippen LogP contribution is 1.88. The number of carboxylic acid groups (broad SMARTS) is 1. The van der Waals surface area contributed by atoms with E-state index in [2.05, 4.69) is 0 Å². The van der Waals surface area contributed by atoms with Crippen LogP contribution in [0.15, 0.2) is 12.2 Å². The number of nitrogens with two attached hydrogens (primary N) is 1. The molecule has 0 rings (SSSR count). The first-order valence-corrected chi connectivity index (χ1v) is 2.78. The summed E-state index contributed by atoms with van der Waals surface area (Å²) < 4.78 is 0. The predicted octanol–water partition coefficient (Wildman–Crippen LogP) is 0.365. The van der Waals surface area contributed by atoms with Crippen LogP contribution in [0.1, 0.15) is 13.3 Å². The maximum absolute atomic E-state index is 10.0. The number of rotatable bonds is 3. The molecular formula is C6H11NO2. The monoisotopic (exact) mass is 129 g/mol. The van der Waals surface area contributed by atoms with E-state index in [1.165, 1.54) is 0 Å². The van der Waals surface area contributed by atoms with Gasteiger partial charge in [-0.3, -0.25) is 4.79 Å². The van der Waals surface area contributed by atoms with Gasteiger partial charge in [0.2, 0.25) is 0 Å². The molecule has 3 nitrogen and oxygen atoms in total. The summed E-state index contributed by atoms with van der Waals surface area (Å²) in [7, 11) is 0. The summed E-state index contributed by atoms with van der Waals surface area (Å²) in [5.74, 6) is -0.951. The van der Waals surface area contributed by atoms with Gasteiger partial charge in [0.15, 0.2) is 0 Å². The zero-order valence-electron chi connectivity index (χ0n) is 5.37. The van der Waals surface area contributed by atoms with Crippen molar-refractivity contribution in [1.82, 2.24) is 0 Å². The van der Waals surface area contributed by atoms with E-state index in [0.717, 1.165) is 0 Å². The standard InChI is InChI=1S/C6H11NO2/c1-2-3-4-5(7)6(8)9/h2-3,5H,4,7H2,1H3,(H,8,9)/b3-2-. The number of hydrogen-bond donors (Lipinski definition) is 2. The largest absolute Gasteiger partial charge is 0.480 e. The molecule has 52 valence electrons. The number of aliphatic carboxylic acids is 1. The van der Waals surface area contributed by atoms with Crippen LogP contribution in [-0.4, -0.2) is 17.1 Å². The highest BCUT2D eigenvalue weighted by atomic mass is 16.4. The lowest BCUT2D eigenvalue weighted by atomic mass is 10.2. The fourth-order valence-corrected chi connectivity index (χ4v) is 0.384. The normalized spacial score (nSPS) is 14.0. The molecule has 0 aromatic carbocycles. The number of allylic oxidation sites excluding steroid dienone is 1. The van der Waals surface area contributed by atoms with Crippen molar-refractivity contribution >= 4 is 5.97 Å². The van der Waals surface area contributed by atoms with E-state index in [9.17, 15) is 4.79 Å². The van der Waals surface area contributed by atoms with Crippen molar-refractivity contribution in [2.45, 2.75) is 19.4 Å². The van der Waals surface area contributed by atoms with Crippen molar-refractivity contribution in [2.75, 3.05) is 0 Å². The molecule has 0 amide bonds. The van der Waals surface area contributed by atoms with E-state index < -0.39 is 12.0 Å². The molecule has 0 saturated carbocycles. The molecule has 1 unspecified atom stereocenters. The molecule has 3 heteroatoms. The molecule has 1 atom stereocenters. The van der Waals surface area contributed by atoms with Gasteiger partial charge in [0.05, 0.1) is 0 Å². The van der Waals surface area contributed by atoms with Gasteiger partial charge in [-0.1, -0.05) is 12.2 Å². The minimum absolute atomic E-state index is 0.409. The van der Waals surface area contributed by atoms with Crippen LogP contribution in [0.2, 0.25) is 0 Å². The molecule has 3 N–H and O–H groups in total. The SMILES string of the molecule is C/C=C\CC(N)C(=O)O. The maximum atomic E-state index is 10.0. The van der Waals surface area contributed by atoms with Gasteiger partial charge < -0.3 is 10.8 Å². The van der Waals surface area contributed by atoms with Gasteiger partial charge >= 0.3 is 5.97 Å². The van der Waals surface area contributed by atoms with Gasteiger partial charge in [0.1, 0.15) is 6.04 Å². The Hall–Kier alpha value is -0.830.